The fourth-order valence-electron chi connectivity index (χ4n) is 4.93. The van der Waals surface area contributed by atoms with E-state index < -0.39 is 0 Å². The van der Waals surface area contributed by atoms with Crippen LogP contribution >= 0.6 is 0 Å². The van der Waals surface area contributed by atoms with Gasteiger partial charge in [-0.3, -0.25) is 9.69 Å². The highest BCUT2D eigenvalue weighted by Crippen LogP contribution is 2.27. The van der Waals surface area contributed by atoms with Crippen molar-refractivity contribution in [2.45, 2.75) is 32.2 Å². The fraction of sp³-hybridized carbons (Fsp3) is 0.480. The quantitative estimate of drug-likeness (QED) is 0.536. The van der Waals surface area contributed by atoms with E-state index in [9.17, 15) is 9.18 Å². The number of nitrogens with two attached hydrogens (primary N) is 1. The number of hydrogen-bond acceptors (Lipinski definition) is 6. The second-order valence-corrected chi connectivity index (χ2v) is 8.88. The van der Waals surface area contributed by atoms with Crippen LogP contribution in [0.1, 0.15) is 36.8 Å². The largest absolute Gasteiger partial charge is 0.399 e. The third-order valence-corrected chi connectivity index (χ3v) is 6.72. The van der Waals surface area contributed by atoms with Gasteiger partial charge in [-0.05, 0) is 62.5 Å². The third-order valence-electron chi connectivity index (χ3n) is 6.72. The summed E-state index contributed by atoms with van der Waals surface area (Å²) in [5, 5.41) is 4.14. The van der Waals surface area contributed by atoms with Gasteiger partial charge in [0.25, 0.3) is 0 Å². The van der Waals surface area contributed by atoms with E-state index in [-0.39, 0.29) is 23.6 Å². The van der Waals surface area contributed by atoms with Gasteiger partial charge >= 0.3 is 0 Å². The lowest BCUT2D eigenvalue weighted by molar-refractivity contribution is -0.138. The van der Waals surface area contributed by atoms with Gasteiger partial charge in [-0.15, -0.1) is 0 Å². The molecule has 0 atom stereocenters. The maximum absolute atomic E-state index is 14.3. The molecule has 4 rings (SSSR count). The minimum Gasteiger partial charge on any atom is -0.399 e. The number of pyridine rings is 1. The van der Waals surface area contributed by atoms with E-state index >= 15 is 0 Å². The van der Waals surface area contributed by atoms with Crippen LogP contribution in [0.25, 0.3) is 0 Å². The Hall–Kier alpha value is -3.00. The Morgan fingerprint density at radius 1 is 1.12 bits per heavy atom. The molecule has 2 saturated heterocycles. The van der Waals surface area contributed by atoms with Crippen molar-refractivity contribution in [2.75, 3.05) is 39.0 Å². The van der Waals surface area contributed by atoms with Crippen LogP contribution in [0, 0.1) is 17.7 Å². The molecule has 0 spiro atoms. The first kappa shape index (κ1) is 23.2. The molecular formula is C25H32FN5O2. The first-order valence-corrected chi connectivity index (χ1v) is 11.6. The first-order valence-electron chi connectivity index (χ1n) is 11.6. The van der Waals surface area contributed by atoms with Crippen LogP contribution in [-0.4, -0.2) is 59.7 Å². The summed E-state index contributed by atoms with van der Waals surface area (Å²) in [5.41, 5.74) is 8.04. The summed E-state index contributed by atoms with van der Waals surface area (Å²) >= 11 is 0. The summed E-state index contributed by atoms with van der Waals surface area (Å²) in [6.07, 6.45) is 4.98. The lowest BCUT2D eigenvalue weighted by Crippen LogP contribution is -2.46. The van der Waals surface area contributed by atoms with Crippen LogP contribution in [0.4, 0.5) is 10.2 Å². The lowest BCUT2D eigenvalue weighted by atomic mass is 9.87. The molecule has 2 aromatic rings. The van der Waals surface area contributed by atoms with Crippen LogP contribution in [0.5, 0.6) is 0 Å². The topological polar surface area (TPSA) is 84.0 Å². The monoisotopic (exact) mass is 453 g/mol. The molecule has 176 valence electrons. The molecule has 1 aromatic carbocycles. The second kappa shape index (κ2) is 10.7. The van der Waals surface area contributed by atoms with E-state index in [1.165, 1.54) is 13.2 Å². The summed E-state index contributed by atoms with van der Waals surface area (Å²) in [5.74, 6) is 0.625. The molecule has 0 aliphatic carbocycles. The van der Waals surface area contributed by atoms with Crippen LogP contribution in [-0.2, 0) is 16.2 Å². The first-order chi connectivity index (χ1) is 16.0. The van der Waals surface area contributed by atoms with Gasteiger partial charge in [0.05, 0.1) is 5.71 Å². The van der Waals surface area contributed by atoms with Gasteiger partial charge in [-0.2, -0.15) is 0 Å². The van der Waals surface area contributed by atoms with Crippen molar-refractivity contribution in [1.82, 2.24) is 14.8 Å². The Morgan fingerprint density at radius 3 is 2.48 bits per heavy atom. The van der Waals surface area contributed by atoms with Gasteiger partial charge in [0.15, 0.2) is 0 Å². The van der Waals surface area contributed by atoms with E-state index in [4.69, 9.17) is 10.6 Å². The minimum absolute atomic E-state index is 0.0685. The molecule has 33 heavy (non-hydrogen) atoms. The number of rotatable bonds is 6. The molecule has 0 radical (unpaired) electrons. The Bertz CT molecular complexity index is 982. The lowest BCUT2D eigenvalue weighted by Gasteiger charge is -2.37. The van der Waals surface area contributed by atoms with Crippen LogP contribution in [0.15, 0.2) is 47.8 Å². The van der Waals surface area contributed by atoms with Gasteiger partial charge in [0.1, 0.15) is 18.7 Å². The molecule has 3 heterocycles. The van der Waals surface area contributed by atoms with E-state index in [1.807, 2.05) is 17.0 Å². The number of amides is 1. The number of hydrogen-bond donors (Lipinski definition) is 1. The Kier molecular flexibility index (Phi) is 7.54. The number of nitrogens with zero attached hydrogens (tertiary/aromatic N) is 4. The number of likely N-dealkylation sites (tertiary alicyclic amines) is 2. The van der Waals surface area contributed by atoms with E-state index in [0.29, 0.717) is 30.2 Å². The maximum atomic E-state index is 14.3. The van der Waals surface area contributed by atoms with Crippen LogP contribution in [0.3, 0.4) is 0 Å². The molecule has 0 bridgehead atoms. The Balaban J connectivity index is 1.29. The molecule has 1 aromatic heterocycles. The Morgan fingerprint density at radius 2 is 1.82 bits per heavy atom. The number of carbonyl (C=O) groups is 1. The highest BCUT2D eigenvalue weighted by atomic mass is 19.1. The molecule has 0 saturated carbocycles. The number of piperidine rings is 2. The van der Waals surface area contributed by atoms with Crippen LogP contribution < -0.4 is 5.73 Å². The Labute approximate surface area is 194 Å². The van der Waals surface area contributed by atoms with Gasteiger partial charge in [-0.25, -0.2) is 9.37 Å². The smallest absolute Gasteiger partial charge is 0.225 e. The second-order valence-electron chi connectivity index (χ2n) is 8.88. The van der Waals surface area contributed by atoms with Gasteiger partial charge in [0, 0.05) is 43.2 Å². The number of nitrogen functional groups attached to an aromatic ring is 1. The predicted molar refractivity (Wildman–Crippen MR) is 126 cm³/mol. The van der Waals surface area contributed by atoms with Crippen molar-refractivity contribution in [3.05, 3.63) is 59.5 Å². The zero-order valence-electron chi connectivity index (χ0n) is 19.1. The van der Waals surface area contributed by atoms with Crippen molar-refractivity contribution in [3.8, 4) is 0 Å². The van der Waals surface area contributed by atoms with Gasteiger partial charge in [0.2, 0.25) is 5.91 Å². The van der Waals surface area contributed by atoms with Crippen LogP contribution in [0.2, 0.25) is 0 Å². The maximum Gasteiger partial charge on any atom is 0.225 e. The molecule has 2 aliphatic rings. The molecule has 2 fully saturated rings. The number of oxime groups is 1. The highest BCUT2D eigenvalue weighted by Gasteiger charge is 2.33. The zero-order valence-corrected chi connectivity index (χ0v) is 19.1. The van der Waals surface area contributed by atoms with E-state index in [1.54, 1.807) is 24.4 Å². The molecule has 2 N–H and O–H groups in total. The third kappa shape index (κ3) is 5.68. The standard InChI is InChI=1S/C25H32FN5O2/c1-33-29-24(21-4-2-3-5-22(21)26)19-9-14-31(15-10-19)25(32)20-7-12-30(13-8-20)17-18-6-11-28-23(27)16-18/h2-6,11,16,19-20H,7-10,12-15,17H2,1H3,(H2,27,28)/b29-24+. The molecular weight excluding hydrogens is 421 g/mol. The highest BCUT2D eigenvalue weighted by molar-refractivity contribution is 6.02. The normalized spacial score (nSPS) is 19.0. The number of benzene rings is 1. The number of halogens is 1. The summed E-state index contributed by atoms with van der Waals surface area (Å²) < 4.78 is 14.3. The van der Waals surface area contributed by atoms with Crippen molar-refractivity contribution in [2.24, 2.45) is 17.0 Å². The average molecular weight is 454 g/mol. The molecule has 0 unspecified atom stereocenters. The van der Waals surface area contributed by atoms with Crippen molar-refractivity contribution < 1.29 is 14.0 Å². The van der Waals surface area contributed by atoms with E-state index in [0.717, 1.165) is 50.9 Å². The van der Waals surface area contributed by atoms with Gasteiger partial charge in [-0.1, -0.05) is 23.4 Å². The summed E-state index contributed by atoms with van der Waals surface area (Å²) in [6, 6.07) is 10.5. The SMILES string of the molecule is CO/N=C(/c1ccccc1F)C1CCN(C(=O)C2CCN(Cc3ccnc(N)c3)CC2)CC1. The zero-order chi connectivity index (χ0) is 23.2. The summed E-state index contributed by atoms with van der Waals surface area (Å²) in [6.45, 7) is 3.95. The molecule has 8 heteroatoms. The minimum atomic E-state index is -0.298. The van der Waals surface area contributed by atoms with E-state index in [2.05, 4.69) is 15.0 Å². The predicted octanol–water partition coefficient (Wildman–Crippen LogP) is 3.30. The summed E-state index contributed by atoms with van der Waals surface area (Å²) in [4.78, 5) is 26.6. The molecule has 2 aliphatic heterocycles. The number of carbonyl (C=O) groups excluding carboxylic acids is 1. The van der Waals surface area contributed by atoms with Crippen molar-refractivity contribution in [3.63, 3.8) is 0 Å². The average Bonchev–Trinajstić information content (AvgIpc) is 2.83. The van der Waals surface area contributed by atoms with Crippen molar-refractivity contribution >= 4 is 17.4 Å². The number of aromatic nitrogens is 1. The molecule has 7 nitrogen and oxygen atoms in total. The van der Waals surface area contributed by atoms with Gasteiger partial charge < -0.3 is 15.5 Å². The van der Waals surface area contributed by atoms with Crippen molar-refractivity contribution in [1.29, 1.82) is 0 Å². The molecule has 1 amide bonds. The number of anilines is 1. The summed E-state index contributed by atoms with van der Waals surface area (Å²) in [7, 11) is 1.48. The fourth-order valence-corrected chi connectivity index (χ4v) is 4.93.